The Hall–Kier alpha value is -3.06. The average Bonchev–Trinajstić information content (AvgIpc) is 3.31. The van der Waals surface area contributed by atoms with E-state index in [0.717, 1.165) is 43.6 Å². The van der Waals surface area contributed by atoms with E-state index in [2.05, 4.69) is 21.9 Å². The zero-order chi connectivity index (χ0) is 28.2. The number of unbranched alkanes of at least 4 members (excludes halogenated alkanes) is 4. The highest BCUT2D eigenvalue weighted by atomic mass is 16.6. The van der Waals surface area contributed by atoms with Crippen LogP contribution in [0, 0.1) is 5.41 Å². The van der Waals surface area contributed by atoms with Gasteiger partial charge < -0.3 is 19.3 Å². The zero-order valence-corrected chi connectivity index (χ0v) is 24.5. The van der Waals surface area contributed by atoms with Crippen LogP contribution in [0.2, 0.25) is 0 Å². The number of amides is 1. The predicted molar refractivity (Wildman–Crippen MR) is 159 cm³/mol. The van der Waals surface area contributed by atoms with Gasteiger partial charge in [-0.05, 0) is 64.3 Å². The molecule has 7 nitrogen and oxygen atoms in total. The lowest BCUT2D eigenvalue weighted by Crippen LogP contribution is -2.72. The van der Waals surface area contributed by atoms with Crippen molar-refractivity contribution in [2.75, 3.05) is 49.1 Å². The second-order valence-corrected chi connectivity index (χ2v) is 12.9. The van der Waals surface area contributed by atoms with Gasteiger partial charge in [0.05, 0.1) is 5.69 Å². The first-order valence-corrected chi connectivity index (χ1v) is 15.0. The van der Waals surface area contributed by atoms with Crippen molar-refractivity contribution in [2.45, 2.75) is 77.9 Å². The number of ether oxygens (including phenoxy) is 2. The second kappa shape index (κ2) is 12.2. The van der Waals surface area contributed by atoms with E-state index >= 15 is 0 Å². The monoisotopic (exact) mass is 547 g/mol. The molecule has 3 aliphatic heterocycles. The van der Waals surface area contributed by atoms with Gasteiger partial charge in [-0.2, -0.15) is 0 Å². The zero-order valence-electron chi connectivity index (χ0n) is 24.5. The molecule has 216 valence electrons. The van der Waals surface area contributed by atoms with Crippen molar-refractivity contribution < 1.29 is 19.1 Å². The van der Waals surface area contributed by atoms with Gasteiger partial charge in [0.15, 0.2) is 0 Å². The number of carbonyl (C=O) groups is 2. The summed E-state index contributed by atoms with van der Waals surface area (Å²) in [5, 5.41) is 0. The standard InChI is InChI=1S/C33H45N3O4/c1-32(2,3)40-30(37)17-10-5-4-6-11-19-34-22-33(23-34)24-35(25-33)28-15-12-16-29-27(28)18-20-36(29)31(38)39-21-26-13-8-7-9-14-26/h7-9,12-16H,4-6,10-11,17-25H2,1-3H3. The highest BCUT2D eigenvalue weighted by Crippen LogP contribution is 2.45. The van der Waals surface area contributed by atoms with Crippen LogP contribution in [0.4, 0.5) is 16.2 Å². The number of anilines is 2. The molecule has 0 atom stereocenters. The van der Waals surface area contributed by atoms with Crippen molar-refractivity contribution in [3.63, 3.8) is 0 Å². The van der Waals surface area contributed by atoms with Crippen LogP contribution in [-0.4, -0.2) is 61.8 Å². The summed E-state index contributed by atoms with van der Waals surface area (Å²) in [7, 11) is 0. The van der Waals surface area contributed by atoms with Gasteiger partial charge in [0.2, 0.25) is 0 Å². The Bertz CT molecular complexity index is 1160. The molecule has 0 aliphatic carbocycles. The lowest BCUT2D eigenvalue weighted by molar-refractivity contribution is -0.154. The van der Waals surface area contributed by atoms with Gasteiger partial charge in [-0.3, -0.25) is 9.69 Å². The summed E-state index contributed by atoms with van der Waals surface area (Å²) >= 11 is 0. The largest absolute Gasteiger partial charge is 0.460 e. The fourth-order valence-corrected chi connectivity index (χ4v) is 6.42. The molecule has 2 fully saturated rings. The fraction of sp³-hybridized carbons (Fsp3) is 0.576. The Morgan fingerprint density at radius 1 is 0.850 bits per heavy atom. The Kier molecular flexibility index (Phi) is 8.69. The molecule has 2 aromatic carbocycles. The molecule has 0 aromatic heterocycles. The molecular weight excluding hydrogens is 502 g/mol. The summed E-state index contributed by atoms with van der Waals surface area (Å²) in [6.07, 6.45) is 6.81. The molecule has 3 aliphatic rings. The minimum Gasteiger partial charge on any atom is -0.460 e. The lowest BCUT2D eigenvalue weighted by atomic mass is 9.72. The fourth-order valence-electron chi connectivity index (χ4n) is 6.42. The van der Waals surface area contributed by atoms with Crippen molar-refractivity contribution in [3.8, 4) is 0 Å². The van der Waals surface area contributed by atoms with E-state index in [-0.39, 0.29) is 17.7 Å². The summed E-state index contributed by atoms with van der Waals surface area (Å²) < 4.78 is 11.0. The Balaban J connectivity index is 0.989. The molecule has 3 heterocycles. The average molecular weight is 548 g/mol. The molecule has 1 amide bonds. The normalized spacial score (nSPS) is 17.8. The summed E-state index contributed by atoms with van der Waals surface area (Å²) in [6.45, 7) is 12.5. The van der Waals surface area contributed by atoms with Crippen LogP contribution in [0.1, 0.15) is 70.4 Å². The molecule has 0 saturated carbocycles. The topological polar surface area (TPSA) is 62.3 Å². The molecule has 7 heteroatoms. The minimum atomic E-state index is -0.385. The number of fused-ring (bicyclic) bond motifs is 1. The summed E-state index contributed by atoms with van der Waals surface area (Å²) in [4.78, 5) is 31.5. The van der Waals surface area contributed by atoms with Gasteiger partial charge in [0.25, 0.3) is 0 Å². The maximum absolute atomic E-state index is 12.8. The van der Waals surface area contributed by atoms with Gasteiger partial charge in [-0.15, -0.1) is 0 Å². The quantitative estimate of drug-likeness (QED) is 0.247. The maximum Gasteiger partial charge on any atom is 0.414 e. The third-order valence-corrected chi connectivity index (χ3v) is 8.21. The van der Waals surface area contributed by atoms with Crippen LogP contribution in [0.5, 0.6) is 0 Å². The molecule has 0 unspecified atom stereocenters. The van der Waals surface area contributed by atoms with Gasteiger partial charge >= 0.3 is 12.1 Å². The van der Waals surface area contributed by atoms with Crippen LogP contribution in [-0.2, 0) is 27.3 Å². The van der Waals surface area contributed by atoms with Crippen LogP contribution >= 0.6 is 0 Å². The van der Waals surface area contributed by atoms with E-state index in [1.54, 1.807) is 4.90 Å². The number of hydrogen-bond donors (Lipinski definition) is 0. The third-order valence-electron chi connectivity index (χ3n) is 8.21. The predicted octanol–water partition coefficient (Wildman–Crippen LogP) is 6.19. The number of rotatable bonds is 11. The number of hydrogen-bond acceptors (Lipinski definition) is 6. The first-order chi connectivity index (χ1) is 19.2. The second-order valence-electron chi connectivity index (χ2n) is 12.9. The van der Waals surface area contributed by atoms with Crippen LogP contribution in [0.15, 0.2) is 48.5 Å². The first-order valence-electron chi connectivity index (χ1n) is 15.0. The Morgan fingerprint density at radius 3 is 2.30 bits per heavy atom. The number of likely N-dealkylation sites (tertiary alicyclic amines) is 1. The van der Waals surface area contributed by atoms with Crippen molar-refractivity contribution >= 4 is 23.4 Å². The summed E-state index contributed by atoms with van der Waals surface area (Å²) in [6, 6.07) is 16.2. The van der Waals surface area contributed by atoms with Gasteiger partial charge in [-0.25, -0.2) is 4.79 Å². The molecule has 1 spiro atoms. The van der Waals surface area contributed by atoms with Crippen molar-refractivity contribution in [1.82, 2.24) is 4.90 Å². The van der Waals surface area contributed by atoms with E-state index < -0.39 is 0 Å². The van der Waals surface area contributed by atoms with E-state index in [1.807, 2.05) is 57.2 Å². The molecule has 0 radical (unpaired) electrons. The van der Waals surface area contributed by atoms with Crippen molar-refractivity contribution in [1.29, 1.82) is 0 Å². The SMILES string of the molecule is CC(C)(C)OC(=O)CCCCCCCN1CC2(C1)CN(c1cccc3c1CCN3C(=O)OCc1ccccc1)C2. The Morgan fingerprint density at radius 2 is 1.55 bits per heavy atom. The summed E-state index contributed by atoms with van der Waals surface area (Å²) in [5.74, 6) is -0.0768. The number of benzene rings is 2. The molecule has 2 aromatic rings. The van der Waals surface area contributed by atoms with Gasteiger partial charge in [0, 0.05) is 55.8 Å². The van der Waals surface area contributed by atoms with E-state index in [9.17, 15) is 9.59 Å². The lowest BCUT2D eigenvalue weighted by Gasteiger charge is -2.61. The van der Waals surface area contributed by atoms with Crippen molar-refractivity contribution in [2.24, 2.45) is 5.41 Å². The third kappa shape index (κ3) is 6.98. The number of carbonyl (C=O) groups excluding carboxylic acids is 2. The van der Waals surface area contributed by atoms with Gasteiger partial charge in [-0.1, -0.05) is 55.7 Å². The number of nitrogens with zero attached hydrogens (tertiary/aromatic N) is 3. The Labute approximate surface area is 239 Å². The van der Waals surface area contributed by atoms with Crippen LogP contribution in [0.25, 0.3) is 0 Å². The molecule has 0 N–H and O–H groups in total. The van der Waals surface area contributed by atoms with Gasteiger partial charge in [0.1, 0.15) is 12.2 Å². The molecule has 5 rings (SSSR count). The van der Waals surface area contributed by atoms with E-state index in [0.29, 0.717) is 25.0 Å². The summed E-state index contributed by atoms with van der Waals surface area (Å²) in [5.41, 5.74) is 4.60. The maximum atomic E-state index is 12.8. The van der Waals surface area contributed by atoms with E-state index in [1.165, 1.54) is 50.1 Å². The minimum absolute atomic E-state index is 0.0768. The van der Waals surface area contributed by atoms with Crippen LogP contribution in [0.3, 0.4) is 0 Å². The molecular formula is C33H45N3O4. The first kappa shape index (κ1) is 28.5. The van der Waals surface area contributed by atoms with E-state index in [4.69, 9.17) is 9.47 Å². The number of esters is 1. The van der Waals surface area contributed by atoms with Crippen molar-refractivity contribution in [3.05, 3.63) is 59.7 Å². The van der Waals surface area contributed by atoms with Crippen LogP contribution < -0.4 is 9.80 Å². The highest BCUT2D eigenvalue weighted by molar-refractivity contribution is 5.92. The molecule has 2 saturated heterocycles. The molecule has 40 heavy (non-hydrogen) atoms. The highest BCUT2D eigenvalue weighted by Gasteiger charge is 2.51. The smallest absolute Gasteiger partial charge is 0.414 e. The molecule has 0 bridgehead atoms.